The van der Waals surface area contributed by atoms with Gasteiger partial charge in [0.25, 0.3) is 0 Å². The molecule has 1 aliphatic rings. The summed E-state index contributed by atoms with van der Waals surface area (Å²) < 4.78 is 14.4. The van der Waals surface area contributed by atoms with Gasteiger partial charge < -0.3 is 10.6 Å². The van der Waals surface area contributed by atoms with Gasteiger partial charge in [0.1, 0.15) is 5.82 Å². The molecule has 1 heterocycles. The van der Waals surface area contributed by atoms with Crippen molar-refractivity contribution in [1.82, 2.24) is 0 Å². The summed E-state index contributed by atoms with van der Waals surface area (Å²) in [5.41, 5.74) is 9.50. The van der Waals surface area contributed by atoms with E-state index in [1.54, 1.807) is 6.07 Å². The van der Waals surface area contributed by atoms with E-state index in [9.17, 15) is 4.39 Å². The average molecular weight is 284 g/mol. The van der Waals surface area contributed by atoms with Crippen molar-refractivity contribution in [3.8, 4) is 0 Å². The quantitative estimate of drug-likeness (QED) is 0.932. The third kappa shape index (κ3) is 2.66. The molecule has 0 saturated heterocycles. The van der Waals surface area contributed by atoms with Crippen molar-refractivity contribution in [2.75, 3.05) is 4.90 Å². The van der Waals surface area contributed by atoms with Crippen LogP contribution in [0.15, 0.2) is 42.5 Å². The first-order valence-electron chi connectivity index (χ1n) is 7.51. The highest BCUT2D eigenvalue weighted by Crippen LogP contribution is 2.32. The number of nitrogens with zero attached hydrogens (tertiary/aromatic N) is 1. The Bertz CT molecular complexity index is 639. The summed E-state index contributed by atoms with van der Waals surface area (Å²) in [4.78, 5) is 2.30. The Labute approximate surface area is 125 Å². The van der Waals surface area contributed by atoms with E-state index in [1.807, 2.05) is 12.1 Å². The SMILES string of the molecule is CC1CCc2ccccc2N1Cc1cccc(CN)c1F. The van der Waals surface area contributed by atoms with Gasteiger partial charge >= 0.3 is 0 Å². The number of nitrogens with two attached hydrogens (primary N) is 1. The first-order chi connectivity index (χ1) is 10.2. The molecule has 0 spiro atoms. The molecule has 2 N–H and O–H groups in total. The van der Waals surface area contributed by atoms with Gasteiger partial charge in [-0.1, -0.05) is 36.4 Å². The fourth-order valence-corrected chi connectivity index (χ4v) is 3.10. The maximum Gasteiger partial charge on any atom is 0.132 e. The summed E-state index contributed by atoms with van der Waals surface area (Å²) in [6.45, 7) is 3.05. The summed E-state index contributed by atoms with van der Waals surface area (Å²) in [5, 5.41) is 0. The van der Waals surface area contributed by atoms with Crippen LogP contribution >= 0.6 is 0 Å². The van der Waals surface area contributed by atoms with E-state index in [4.69, 9.17) is 5.73 Å². The van der Waals surface area contributed by atoms with Gasteiger partial charge in [0.15, 0.2) is 0 Å². The van der Waals surface area contributed by atoms with Crippen molar-refractivity contribution in [1.29, 1.82) is 0 Å². The molecule has 21 heavy (non-hydrogen) atoms. The third-order valence-electron chi connectivity index (χ3n) is 4.38. The van der Waals surface area contributed by atoms with E-state index >= 15 is 0 Å². The summed E-state index contributed by atoms with van der Waals surface area (Å²) >= 11 is 0. The fourth-order valence-electron chi connectivity index (χ4n) is 3.10. The summed E-state index contributed by atoms with van der Waals surface area (Å²) in [6, 6.07) is 14.3. The zero-order valence-corrected chi connectivity index (χ0v) is 12.3. The Kier molecular flexibility index (Phi) is 3.93. The van der Waals surface area contributed by atoms with Crippen LogP contribution in [-0.4, -0.2) is 6.04 Å². The summed E-state index contributed by atoms with van der Waals surface area (Å²) in [7, 11) is 0. The van der Waals surface area contributed by atoms with E-state index < -0.39 is 0 Å². The predicted octanol–water partition coefficient (Wildman–Crippen LogP) is 3.63. The average Bonchev–Trinajstić information content (AvgIpc) is 2.52. The fraction of sp³-hybridized carbons (Fsp3) is 0.333. The van der Waals surface area contributed by atoms with Gasteiger partial charge in [0.05, 0.1) is 0 Å². The standard InChI is InChI=1S/C18H21FN2/c1-13-9-10-14-5-2-3-8-17(14)21(13)12-16-7-4-6-15(11-20)18(16)19/h2-8,13H,9-12,20H2,1H3. The second kappa shape index (κ2) is 5.86. The Morgan fingerprint density at radius 3 is 2.71 bits per heavy atom. The number of benzene rings is 2. The molecule has 2 aromatic carbocycles. The van der Waals surface area contributed by atoms with E-state index in [0.717, 1.165) is 18.4 Å². The number of fused-ring (bicyclic) bond motifs is 1. The van der Waals surface area contributed by atoms with Gasteiger partial charge in [0, 0.05) is 35.9 Å². The smallest absolute Gasteiger partial charge is 0.132 e. The molecular weight excluding hydrogens is 263 g/mol. The molecule has 1 aliphatic heterocycles. The topological polar surface area (TPSA) is 29.3 Å². The molecule has 0 saturated carbocycles. The third-order valence-corrected chi connectivity index (χ3v) is 4.38. The first kappa shape index (κ1) is 14.1. The molecule has 3 heteroatoms. The number of halogens is 1. The number of aryl methyl sites for hydroxylation is 1. The van der Waals surface area contributed by atoms with Gasteiger partial charge in [-0.05, 0) is 31.4 Å². The molecule has 0 aliphatic carbocycles. The number of hydrogen-bond donors (Lipinski definition) is 1. The van der Waals surface area contributed by atoms with Gasteiger partial charge in [-0.15, -0.1) is 0 Å². The highest BCUT2D eigenvalue weighted by Gasteiger charge is 2.23. The maximum atomic E-state index is 14.4. The summed E-state index contributed by atoms with van der Waals surface area (Å²) in [5.74, 6) is -0.157. The first-order valence-corrected chi connectivity index (χ1v) is 7.51. The zero-order valence-electron chi connectivity index (χ0n) is 12.3. The van der Waals surface area contributed by atoms with E-state index in [-0.39, 0.29) is 12.4 Å². The molecule has 110 valence electrons. The zero-order chi connectivity index (χ0) is 14.8. The number of anilines is 1. The molecule has 0 fully saturated rings. The van der Waals surface area contributed by atoms with Crippen molar-refractivity contribution in [2.45, 2.75) is 38.9 Å². The molecule has 1 atom stereocenters. The van der Waals surface area contributed by atoms with E-state index in [0.29, 0.717) is 18.2 Å². The van der Waals surface area contributed by atoms with Crippen molar-refractivity contribution < 1.29 is 4.39 Å². The van der Waals surface area contributed by atoms with Crippen LogP contribution in [0.5, 0.6) is 0 Å². The molecule has 0 aromatic heterocycles. The largest absolute Gasteiger partial charge is 0.364 e. The van der Waals surface area contributed by atoms with Crippen LogP contribution in [0.2, 0.25) is 0 Å². The van der Waals surface area contributed by atoms with Gasteiger partial charge in [-0.2, -0.15) is 0 Å². The van der Waals surface area contributed by atoms with Gasteiger partial charge in [-0.3, -0.25) is 0 Å². The second-order valence-electron chi connectivity index (χ2n) is 5.74. The minimum atomic E-state index is -0.157. The van der Waals surface area contributed by atoms with Crippen molar-refractivity contribution >= 4 is 5.69 Å². The van der Waals surface area contributed by atoms with Crippen LogP contribution in [0.3, 0.4) is 0 Å². The Hall–Kier alpha value is -1.87. The lowest BCUT2D eigenvalue weighted by molar-refractivity contribution is 0.539. The van der Waals surface area contributed by atoms with E-state index in [2.05, 4.69) is 36.1 Å². The lowest BCUT2D eigenvalue weighted by Crippen LogP contribution is -2.37. The van der Waals surface area contributed by atoms with Crippen LogP contribution in [0, 0.1) is 5.82 Å². The molecule has 3 rings (SSSR count). The molecule has 1 unspecified atom stereocenters. The van der Waals surface area contributed by atoms with Crippen molar-refractivity contribution in [3.63, 3.8) is 0 Å². The highest BCUT2D eigenvalue weighted by atomic mass is 19.1. The van der Waals surface area contributed by atoms with Crippen LogP contribution in [0.25, 0.3) is 0 Å². The van der Waals surface area contributed by atoms with Gasteiger partial charge in [-0.25, -0.2) is 4.39 Å². The van der Waals surface area contributed by atoms with Crippen LogP contribution in [0.4, 0.5) is 10.1 Å². The highest BCUT2D eigenvalue weighted by molar-refractivity contribution is 5.56. The number of rotatable bonds is 3. The molecule has 0 radical (unpaired) electrons. The van der Waals surface area contributed by atoms with Crippen molar-refractivity contribution in [3.05, 3.63) is 65.0 Å². The monoisotopic (exact) mass is 284 g/mol. The Morgan fingerprint density at radius 2 is 1.90 bits per heavy atom. The molecular formula is C18H21FN2. The summed E-state index contributed by atoms with van der Waals surface area (Å²) in [6.07, 6.45) is 2.20. The Balaban J connectivity index is 1.94. The van der Waals surface area contributed by atoms with Gasteiger partial charge in [0.2, 0.25) is 0 Å². The predicted molar refractivity (Wildman–Crippen MR) is 84.7 cm³/mol. The number of para-hydroxylation sites is 1. The second-order valence-corrected chi connectivity index (χ2v) is 5.74. The lowest BCUT2D eigenvalue weighted by atomic mass is 9.95. The van der Waals surface area contributed by atoms with E-state index in [1.165, 1.54) is 11.3 Å². The maximum absolute atomic E-state index is 14.4. The normalized spacial score (nSPS) is 17.7. The van der Waals surface area contributed by atoms with Crippen molar-refractivity contribution in [2.24, 2.45) is 5.73 Å². The van der Waals surface area contributed by atoms with Crippen LogP contribution in [0.1, 0.15) is 30.0 Å². The Morgan fingerprint density at radius 1 is 1.14 bits per heavy atom. The van der Waals surface area contributed by atoms with Crippen LogP contribution in [-0.2, 0) is 19.5 Å². The number of hydrogen-bond acceptors (Lipinski definition) is 2. The minimum absolute atomic E-state index is 0.157. The molecule has 0 amide bonds. The van der Waals surface area contributed by atoms with Crippen LogP contribution < -0.4 is 10.6 Å². The minimum Gasteiger partial charge on any atom is -0.364 e. The molecule has 2 aromatic rings. The molecule has 0 bridgehead atoms. The molecule has 2 nitrogen and oxygen atoms in total. The lowest BCUT2D eigenvalue weighted by Gasteiger charge is -2.37.